The molecule has 96 valence electrons. The third-order valence-corrected chi connectivity index (χ3v) is 3.93. The number of rotatable bonds is 4. The number of tetrazole rings is 1. The van der Waals surface area contributed by atoms with E-state index in [1.807, 2.05) is 19.1 Å². The summed E-state index contributed by atoms with van der Waals surface area (Å²) in [7, 11) is 0. The lowest BCUT2D eigenvalue weighted by atomic mass is 10.3. The summed E-state index contributed by atoms with van der Waals surface area (Å²) in [6, 6.07) is 3.91. The minimum atomic E-state index is 0.623. The first-order chi connectivity index (χ1) is 8.63. The molecular weight excluding hydrogens is 430 g/mol. The van der Waals surface area contributed by atoms with E-state index in [0.29, 0.717) is 6.54 Å². The van der Waals surface area contributed by atoms with Gasteiger partial charge in [0.15, 0.2) is 5.82 Å². The Morgan fingerprint density at radius 3 is 2.50 bits per heavy atom. The van der Waals surface area contributed by atoms with Crippen LogP contribution < -0.4 is 5.32 Å². The standard InChI is InChI=1S/C10H10Br3N5/c1-2-14-5-9-15-16-17-18(9)10-7(12)3-6(11)4-8(10)13/h3-4,14H,2,5H2,1H3. The SMILES string of the molecule is CCNCc1nnnn1-c1c(Br)cc(Br)cc1Br. The van der Waals surface area contributed by atoms with Crippen molar-refractivity contribution >= 4 is 47.8 Å². The lowest BCUT2D eigenvalue weighted by Gasteiger charge is -2.10. The molecule has 2 rings (SSSR count). The van der Waals surface area contributed by atoms with E-state index in [2.05, 4.69) is 68.6 Å². The third-order valence-electron chi connectivity index (χ3n) is 2.26. The summed E-state index contributed by atoms with van der Waals surface area (Å²) in [5, 5.41) is 15.0. The molecule has 1 aromatic carbocycles. The molecule has 0 fully saturated rings. The zero-order chi connectivity index (χ0) is 13.1. The van der Waals surface area contributed by atoms with Crippen molar-refractivity contribution in [2.75, 3.05) is 6.54 Å². The molecule has 0 bridgehead atoms. The molecular formula is C10H10Br3N5. The largest absolute Gasteiger partial charge is 0.310 e. The molecule has 1 N–H and O–H groups in total. The van der Waals surface area contributed by atoms with Gasteiger partial charge in [0, 0.05) is 13.4 Å². The maximum atomic E-state index is 4.03. The second-order valence-electron chi connectivity index (χ2n) is 3.51. The summed E-state index contributed by atoms with van der Waals surface area (Å²) in [6.07, 6.45) is 0. The Hall–Kier alpha value is -0.310. The Labute approximate surface area is 130 Å². The van der Waals surface area contributed by atoms with Crippen molar-refractivity contribution in [1.29, 1.82) is 0 Å². The number of benzene rings is 1. The third kappa shape index (κ3) is 2.98. The van der Waals surface area contributed by atoms with E-state index in [9.17, 15) is 0 Å². The minimum absolute atomic E-state index is 0.623. The molecule has 0 atom stereocenters. The molecule has 1 heterocycles. The van der Waals surface area contributed by atoms with Crippen molar-refractivity contribution in [2.24, 2.45) is 0 Å². The van der Waals surface area contributed by atoms with Crippen molar-refractivity contribution in [3.05, 3.63) is 31.4 Å². The summed E-state index contributed by atoms with van der Waals surface area (Å²) in [5.41, 5.74) is 0.885. The molecule has 0 radical (unpaired) electrons. The van der Waals surface area contributed by atoms with Crippen LogP contribution in [0.2, 0.25) is 0 Å². The molecule has 0 unspecified atom stereocenters. The molecule has 0 amide bonds. The Morgan fingerprint density at radius 1 is 1.22 bits per heavy atom. The zero-order valence-corrected chi connectivity index (χ0v) is 14.2. The fraction of sp³-hybridized carbons (Fsp3) is 0.300. The van der Waals surface area contributed by atoms with Crippen LogP contribution in [0.5, 0.6) is 0 Å². The van der Waals surface area contributed by atoms with Gasteiger partial charge < -0.3 is 5.32 Å². The van der Waals surface area contributed by atoms with Gasteiger partial charge in [0.1, 0.15) is 0 Å². The second-order valence-corrected chi connectivity index (χ2v) is 6.13. The maximum absolute atomic E-state index is 4.03. The van der Waals surface area contributed by atoms with Gasteiger partial charge in [-0.3, -0.25) is 0 Å². The Morgan fingerprint density at radius 2 is 1.89 bits per heavy atom. The Balaban J connectivity index is 2.46. The molecule has 0 aliphatic rings. The van der Waals surface area contributed by atoms with Gasteiger partial charge in [0.05, 0.1) is 12.2 Å². The summed E-state index contributed by atoms with van der Waals surface area (Å²) in [5.74, 6) is 0.764. The highest BCUT2D eigenvalue weighted by atomic mass is 79.9. The molecule has 0 aliphatic carbocycles. The minimum Gasteiger partial charge on any atom is -0.310 e. The highest BCUT2D eigenvalue weighted by molar-refractivity contribution is 9.11. The molecule has 0 saturated carbocycles. The number of aromatic nitrogens is 4. The zero-order valence-electron chi connectivity index (χ0n) is 9.49. The molecule has 18 heavy (non-hydrogen) atoms. The van der Waals surface area contributed by atoms with Gasteiger partial charge in [0.2, 0.25) is 0 Å². The van der Waals surface area contributed by atoms with Crippen molar-refractivity contribution < 1.29 is 0 Å². The van der Waals surface area contributed by atoms with Crippen LogP contribution in [0.25, 0.3) is 5.69 Å². The number of hydrogen-bond donors (Lipinski definition) is 1. The van der Waals surface area contributed by atoms with Crippen LogP contribution in [-0.2, 0) is 6.54 Å². The summed E-state index contributed by atoms with van der Waals surface area (Å²) in [4.78, 5) is 0. The Bertz CT molecular complexity index is 531. The first kappa shape index (κ1) is 14.1. The number of hydrogen-bond acceptors (Lipinski definition) is 4. The molecule has 0 spiro atoms. The van der Waals surface area contributed by atoms with Crippen LogP contribution in [0.3, 0.4) is 0 Å². The van der Waals surface area contributed by atoms with Gasteiger partial charge in [0.25, 0.3) is 0 Å². The van der Waals surface area contributed by atoms with Crippen molar-refractivity contribution in [3.8, 4) is 5.69 Å². The summed E-state index contributed by atoms with van der Waals surface area (Å²) < 4.78 is 4.51. The van der Waals surface area contributed by atoms with E-state index in [1.165, 1.54) is 0 Å². The smallest absolute Gasteiger partial charge is 0.170 e. The summed E-state index contributed by atoms with van der Waals surface area (Å²) >= 11 is 10.5. The van der Waals surface area contributed by atoms with Gasteiger partial charge >= 0.3 is 0 Å². The number of nitrogens with zero attached hydrogens (tertiary/aromatic N) is 4. The molecule has 1 aromatic heterocycles. The van der Waals surface area contributed by atoms with Crippen molar-refractivity contribution in [1.82, 2.24) is 25.5 Å². The predicted octanol–water partition coefficient (Wildman–Crippen LogP) is 3.06. The van der Waals surface area contributed by atoms with Crippen LogP contribution in [-0.4, -0.2) is 26.8 Å². The van der Waals surface area contributed by atoms with Gasteiger partial charge in [-0.05, 0) is 61.0 Å². The molecule has 0 aliphatic heterocycles. The lowest BCUT2D eigenvalue weighted by molar-refractivity contribution is 0.662. The van der Waals surface area contributed by atoms with E-state index < -0.39 is 0 Å². The van der Waals surface area contributed by atoms with Crippen molar-refractivity contribution in [2.45, 2.75) is 13.5 Å². The fourth-order valence-electron chi connectivity index (χ4n) is 1.46. The van der Waals surface area contributed by atoms with Gasteiger partial charge in [-0.1, -0.05) is 22.9 Å². The first-order valence-corrected chi connectivity index (χ1v) is 7.64. The number of halogens is 3. The maximum Gasteiger partial charge on any atom is 0.170 e. The van der Waals surface area contributed by atoms with Gasteiger partial charge in [-0.25, -0.2) is 0 Å². The average Bonchev–Trinajstić information content (AvgIpc) is 2.73. The van der Waals surface area contributed by atoms with E-state index in [4.69, 9.17) is 0 Å². The molecule has 8 heteroatoms. The Kier molecular flexibility index (Phi) is 4.88. The predicted molar refractivity (Wildman–Crippen MR) is 79.6 cm³/mol. The average molecular weight is 440 g/mol. The molecule has 5 nitrogen and oxygen atoms in total. The molecule has 0 saturated heterocycles. The van der Waals surface area contributed by atoms with Crippen LogP contribution in [0.4, 0.5) is 0 Å². The van der Waals surface area contributed by atoms with E-state index in [-0.39, 0.29) is 0 Å². The first-order valence-electron chi connectivity index (χ1n) is 5.26. The van der Waals surface area contributed by atoms with Crippen LogP contribution >= 0.6 is 47.8 Å². The van der Waals surface area contributed by atoms with Gasteiger partial charge in [-0.15, -0.1) is 5.10 Å². The highest BCUT2D eigenvalue weighted by Gasteiger charge is 2.14. The van der Waals surface area contributed by atoms with Crippen molar-refractivity contribution in [3.63, 3.8) is 0 Å². The van der Waals surface area contributed by atoms with Gasteiger partial charge in [-0.2, -0.15) is 4.68 Å². The fourth-order valence-corrected chi connectivity index (χ4v) is 4.06. The monoisotopic (exact) mass is 437 g/mol. The topological polar surface area (TPSA) is 55.6 Å². The normalized spacial score (nSPS) is 10.9. The molecule has 2 aromatic rings. The lowest BCUT2D eigenvalue weighted by Crippen LogP contribution is -2.16. The highest BCUT2D eigenvalue weighted by Crippen LogP contribution is 2.32. The van der Waals surface area contributed by atoms with E-state index >= 15 is 0 Å². The van der Waals surface area contributed by atoms with Crippen LogP contribution in [0.15, 0.2) is 25.6 Å². The second kappa shape index (κ2) is 6.23. The van der Waals surface area contributed by atoms with Crippen LogP contribution in [0, 0.1) is 0 Å². The van der Waals surface area contributed by atoms with E-state index in [0.717, 1.165) is 31.5 Å². The summed E-state index contributed by atoms with van der Waals surface area (Å²) in [6.45, 7) is 3.54. The number of nitrogens with one attached hydrogen (secondary N) is 1. The van der Waals surface area contributed by atoms with Crippen LogP contribution in [0.1, 0.15) is 12.7 Å². The van der Waals surface area contributed by atoms with E-state index in [1.54, 1.807) is 4.68 Å². The quantitative estimate of drug-likeness (QED) is 0.795.